The predicted octanol–water partition coefficient (Wildman–Crippen LogP) is 2.98. The van der Waals surface area contributed by atoms with Gasteiger partial charge in [0.05, 0.1) is 11.6 Å². The summed E-state index contributed by atoms with van der Waals surface area (Å²) in [5.41, 5.74) is 4.99. The van der Waals surface area contributed by atoms with Crippen molar-refractivity contribution in [1.29, 1.82) is 0 Å². The second kappa shape index (κ2) is 5.03. The molecule has 0 aliphatic carbocycles. The van der Waals surface area contributed by atoms with Crippen molar-refractivity contribution in [3.63, 3.8) is 0 Å². The normalized spacial score (nSPS) is 18.9. The first-order chi connectivity index (χ1) is 9.25. The van der Waals surface area contributed by atoms with E-state index in [0.717, 1.165) is 11.3 Å². The molecule has 2 aromatic rings. The second-order valence-electron chi connectivity index (χ2n) is 4.48. The molecule has 2 aromatic carbocycles. The summed E-state index contributed by atoms with van der Waals surface area (Å²) < 4.78 is 0. The monoisotopic (exact) mass is 272 g/mol. The van der Waals surface area contributed by atoms with E-state index in [1.54, 1.807) is 5.01 Å². The number of halogens is 1. The van der Waals surface area contributed by atoms with Gasteiger partial charge in [-0.3, -0.25) is 4.79 Å². The Hall–Kier alpha value is -1.84. The lowest BCUT2D eigenvalue weighted by molar-refractivity contribution is -0.118. The fourth-order valence-corrected chi connectivity index (χ4v) is 2.38. The van der Waals surface area contributed by atoms with Gasteiger partial charge in [-0.25, -0.2) is 10.4 Å². The summed E-state index contributed by atoms with van der Waals surface area (Å²) in [7, 11) is 0. The minimum atomic E-state index is -0.155. The first-order valence-electron chi connectivity index (χ1n) is 6.14. The number of carbonyl (C=O) groups excluding carboxylic acids is 1. The van der Waals surface area contributed by atoms with E-state index in [1.165, 1.54) is 0 Å². The number of carbonyl (C=O) groups is 1. The Balaban J connectivity index is 1.84. The molecule has 1 N–H and O–H groups in total. The summed E-state index contributed by atoms with van der Waals surface area (Å²) >= 11 is 5.87. The molecule has 1 fully saturated rings. The molecule has 1 aliphatic heterocycles. The summed E-state index contributed by atoms with van der Waals surface area (Å²) in [6, 6.07) is 17.0. The van der Waals surface area contributed by atoms with Crippen LogP contribution in [0.15, 0.2) is 54.6 Å². The van der Waals surface area contributed by atoms with Crippen LogP contribution in [0.4, 0.5) is 5.69 Å². The molecule has 3 nitrogen and oxygen atoms in total. The Kier molecular flexibility index (Phi) is 3.23. The third-order valence-electron chi connectivity index (χ3n) is 3.26. The maximum Gasteiger partial charge on any atom is 0.250 e. The van der Waals surface area contributed by atoms with E-state index >= 15 is 0 Å². The molecule has 0 radical (unpaired) electrons. The average molecular weight is 273 g/mol. The minimum Gasteiger partial charge on any atom is -0.272 e. The third kappa shape index (κ3) is 2.35. The zero-order valence-electron chi connectivity index (χ0n) is 10.2. The molecule has 1 saturated heterocycles. The summed E-state index contributed by atoms with van der Waals surface area (Å²) in [5.74, 6) is -0.0917. The molecule has 0 spiro atoms. The van der Waals surface area contributed by atoms with Crippen molar-refractivity contribution in [2.45, 2.75) is 5.92 Å². The predicted molar refractivity (Wildman–Crippen MR) is 76.1 cm³/mol. The van der Waals surface area contributed by atoms with E-state index in [1.807, 2.05) is 54.6 Å². The largest absolute Gasteiger partial charge is 0.272 e. The van der Waals surface area contributed by atoms with Crippen molar-refractivity contribution in [3.05, 3.63) is 65.2 Å². The van der Waals surface area contributed by atoms with Crippen LogP contribution in [-0.2, 0) is 4.79 Å². The highest BCUT2D eigenvalue weighted by molar-refractivity contribution is 6.30. The van der Waals surface area contributed by atoms with Gasteiger partial charge in [-0.05, 0) is 29.8 Å². The molecule has 1 amide bonds. The molecule has 96 valence electrons. The highest BCUT2D eigenvalue weighted by atomic mass is 35.5. The summed E-state index contributed by atoms with van der Waals surface area (Å²) in [4.78, 5) is 12.4. The standard InChI is InChI=1S/C15H13ClN2O/c16-12-8-6-11(7-9-12)14-10-17-18(15(14)19)13-4-2-1-3-5-13/h1-9,14,17H,10H2. The van der Waals surface area contributed by atoms with Crippen molar-refractivity contribution in [1.82, 2.24) is 5.43 Å². The van der Waals surface area contributed by atoms with Crippen molar-refractivity contribution in [2.75, 3.05) is 11.6 Å². The molecule has 1 unspecified atom stereocenters. The molecular weight excluding hydrogens is 260 g/mol. The number of hydrazine groups is 1. The van der Waals surface area contributed by atoms with E-state index in [-0.39, 0.29) is 11.8 Å². The Morgan fingerprint density at radius 2 is 1.74 bits per heavy atom. The fraction of sp³-hybridized carbons (Fsp3) is 0.133. The van der Waals surface area contributed by atoms with Crippen molar-refractivity contribution >= 4 is 23.2 Å². The maximum absolute atomic E-state index is 12.4. The summed E-state index contributed by atoms with van der Waals surface area (Å²) in [6.45, 7) is 0.607. The third-order valence-corrected chi connectivity index (χ3v) is 3.51. The SMILES string of the molecule is O=C1C(c2ccc(Cl)cc2)CNN1c1ccccc1. The Morgan fingerprint density at radius 1 is 1.05 bits per heavy atom. The number of nitrogens with zero attached hydrogens (tertiary/aromatic N) is 1. The van der Waals surface area contributed by atoms with Crippen LogP contribution < -0.4 is 10.4 Å². The molecule has 19 heavy (non-hydrogen) atoms. The number of para-hydroxylation sites is 1. The number of amides is 1. The van der Waals surface area contributed by atoms with Gasteiger partial charge >= 0.3 is 0 Å². The van der Waals surface area contributed by atoms with E-state index in [9.17, 15) is 4.79 Å². The van der Waals surface area contributed by atoms with E-state index < -0.39 is 0 Å². The van der Waals surface area contributed by atoms with Crippen LogP contribution in [0.1, 0.15) is 11.5 Å². The second-order valence-corrected chi connectivity index (χ2v) is 4.91. The first-order valence-corrected chi connectivity index (χ1v) is 6.51. The lowest BCUT2D eigenvalue weighted by atomic mass is 9.99. The van der Waals surface area contributed by atoms with Gasteiger partial charge in [0, 0.05) is 11.6 Å². The molecule has 0 saturated carbocycles. The van der Waals surface area contributed by atoms with Crippen molar-refractivity contribution < 1.29 is 4.79 Å². The van der Waals surface area contributed by atoms with Gasteiger partial charge in [0.2, 0.25) is 5.91 Å². The lowest BCUT2D eigenvalue weighted by Crippen LogP contribution is -2.34. The molecule has 1 heterocycles. The smallest absolute Gasteiger partial charge is 0.250 e. The number of anilines is 1. The topological polar surface area (TPSA) is 32.3 Å². The zero-order valence-corrected chi connectivity index (χ0v) is 11.0. The summed E-state index contributed by atoms with van der Waals surface area (Å²) in [5, 5.41) is 2.29. The van der Waals surface area contributed by atoms with Crippen molar-refractivity contribution in [2.24, 2.45) is 0 Å². The maximum atomic E-state index is 12.4. The number of rotatable bonds is 2. The van der Waals surface area contributed by atoms with Gasteiger partial charge in [-0.1, -0.05) is 41.9 Å². The highest BCUT2D eigenvalue weighted by Crippen LogP contribution is 2.26. The van der Waals surface area contributed by atoms with E-state index in [0.29, 0.717) is 11.6 Å². The van der Waals surface area contributed by atoms with Gasteiger partial charge in [-0.15, -0.1) is 0 Å². The Bertz CT molecular complexity index is 583. The molecule has 4 heteroatoms. The number of hydrogen-bond acceptors (Lipinski definition) is 2. The summed E-state index contributed by atoms with van der Waals surface area (Å²) in [6.07, 6.45) is 0. The Morgan fingerprint density at radius 3 is 2.42 bits per heavy atom. The van der Waals surface area contributed by atoms with Gasteiger partial charge in [0.1, 0.15) is 0 Å². The van der Waals surface area contributed by atoms with Gasteiger partial charge in [-0.2, -0.15) is 0 Å². The van der Waals surface area contributed by atoms with Gasteiger partial charge in [0.25, 0.3) is 0 Å². The molecule has 1 atom stereocenters. The minimum absolute atomic E-state index is 0.0634. The van der Waals surface area contributed by atoms with Crippen LogP contribution in [0.2, 0.25) is 5.02 Å². The van der Waals surface area contributed by atoms with E-state index in [4.69, 9.17) is 11.6 Å². The molecule has 0 aromatic heterocycles. The fourth-order valence-electron chi connectivity index (χ4n) is 2.25. The van der Waals surface area contributed by atoms with Crippen LogP contribution in [-0.4, -0.2) is 12.5 Å². The van der Waals surface area contributed by atoms with Gasteiger partial charge in [0.15, 0.2) is 0 Å². The van der Waals surface area contributed by atoms with Crippen LogP contribution in [0.25, 0.3) is 0 Å². The van der Waals surface area contributed by atoms with Crippen LogP contribution >= 0.6 is 11.6 Å². The zero-order chi connectivity index (χ0) is 13.2. The number of benzene rings is 2. The quantitative estimate of drug-likeness (QED) is 0.912. The van der Waals surface area contributed by atoms with Crippen molar-refractivity contribution in [3.8, 4) is 0 Å². The van der Waals surface area contributed by atoms with Crippen LogP contribution in [0, 0.1) is 0 Å². The molecular formula is C15H13ClN2O. The van der Waals surface area contributed by atoms with E-state index in [2.05, 4.69) is 5.43 Å². The molecule has 3 rings (SSSR count). The first kappa shape index (κ1) is 12.2. The number of nitrogens with one attached hydrogen (secondary N) is 1. The molecule has 1 aliphatic rings. The highest BCUT2D eigenvalue weighted by Gasteiger charge is 2.33. The lowest BCUT2D eigenvalue weighted by Gasteiger charge is -2.16. The van der Waals surface area contributed by atoms with Gasteiger partial charge < -0.3 is 0 Å². The van der Waals surface area contributed by atoms with Crippen LogP contribution in [0.3, 0.4) is 0 Å². The number of hydrogen-bond donors (Lipinski definition) is 1. The average Bonchev–Trinajstić information content (AvgIpc) is 2.83. The van der Waals surface area contributed by atoms with Crippen LogP contribution in [0.5, 0.6) is 0 Å². The Labute approximate surface area is 116 Å². The molecule has 0 bridgehead atoms.